The highest BCUT2D eigenvalue weighted by atomic mass is 16.3. The molecule has 0 aliphatic carbocycles. The average molecular weight is 289 g/mol. The Morgan fingerprint density at radius 2 is 2.10 bits per heavy atom. The van der Waals surface area contributed by atoms with Gasteiger partial charge in [0.25, 0.3) is 5.56 Å². The second-order valence-electron chi connectivity index (χ2n) is 6.10. The van der Waals surface area contributed by atoms with E-state index in [0.717, 1.165) is 17.6 Å². The predicted octanol–water partition coefficient (Wildman–Crippen LogP) is 1.82. The van der Waals surface area contributed by atoms with Gasteiger partial charge in [-0.2, -0.15) is 0 Å². The number of aryl methyl sites for hydroxylation is 1. The topological polar surface area (TPSA) is 69.2 Å². The Balaban J connectivity index is 2.34. The van der Waals surface area contributed by atoms with Gasteiger partial charge in [0.1, 0.15) is 5.82 Å². The van der Waals surface area contributed by atoms with Crippen molar-refractivity contribution in [2.45, 2.75) is 39.8 Å². The summed E-state index contributed by atoms with van der Waals surface area (Å²) in [5.41, 5.74) is 0.849. The molecule has 2 N–H and O–H groups in total. The molecule has 0 aliphatic heterocycles. The van der Waals surface area contributed by atoms with Crippen LogP contribution in [-0.2, 0) is 6.54 Å². The lowest BCUT2D eigenvalue weighted by molar-refractivity contribution is 0.0346. The second kappa shape index (κ2) is 5.95. The maximum absolute atomic E-state index is 12.1. The number of aromatic nitrogens is 2. The van der Waals surface area contributed by atoms with Crippen LogP contribution >= 0.6 is 0 Å². The molecule has 5 nitrogen and oxygen atoms in total. The van der Waals surface area contributed by atoms with Crippen LogP contribution in [0.1, 0.15) is 32.2 Å². The molecule has 21 heavy (non-hydrogen) atoms. The largest absolute Gasteiger partial charge is 0.389 e. The van der Waals surface area contributed by atoms with Gasteiger partial charge in [-0.05, 0) is 38.9 Å². The Bertz CT molecular complexity index is 686. The highest BCUT2D eigenvalue weighted by Crippen LogP contribution is 2.13. The van der Waals surface area contributed by atoms with E-state index in [1.165, 1.54) is 0 Å². The summed E-state index contributed by atoms with van der Waals surface area (Å²) in [6.07, 6.45) is 0. The fourth-order valence-electron chi connectivity index (χ4n) is 2.47. The molecular weight excluding hydrogens is 266 g/mol. The molecule has 0 fully saturated rings. The number of fused-ring (bicyclic) bond motifs is 1. The maximum Gasteiger partial charge on any atom is 0.258 e. The number of H-pyrrole nitrogens is 1. The quantitative estimate of drug-likeness (QED) is 0.881. The van der Waals surface area contributed by atoms with Crippen LogP contribution in [0.4, 0.5) is 0 Å². The molecule has 0 aliphatic rings. The Morgan fingerprint density at radius 3 is 2.71 bits per heavy atom. The molecule has 1 aromatic carbocycles. The summed E-state index contributed by atoms with van der Waals surface area (Å²) in [4.78, 5) is 21.6. The second-order valence-corrected chi connectivity index (χ2v) is 6.10. The van der Waals surface area contributed by atoms with Gasteiger partial charge in [-0.25, -0.2) is 4.98 Å². The highest BCUT2D eigenvalue weighted by Gasteiger charge is 2.18. The normalized spacial score (nSPS) is 12.3. The molecule has 114 valence electrons. The standard InChI is InChI=1S/C16H23N3O2/c1-5-19(10-16(3,4)21)9-13-17-14-11(2)7-6-8-12(14)15(20)18-13/h6-8,21H,5,9-10H2,1-4H3,(H,17,18,20). The fourth-order valence-corrected chi connectivity index (χ4v) is 2.47. The van der Waals surface area contributed by atoms with Crippen LogP contribution in [0.2, 0.25) is 0 Å². The van der Waals surface area contributed by atoms with Gasteiger partial charge in [0.2, 0.25) is 0 Å². The first kappa shape index (κ1) is 15.7. The van der Waals surface area contributed by atoms with E-state index < -0.39 is 5.60 Å². The van der Waals surface area contributed by atoms with Gasteiger partial charge < -0.3 is 10.1 Å². The van der Waals surface area contributed by atoms with Crippen LogP contribution in [0, 0.1) is 6.92 Å². The van der Waals surface area contributed by atoms with Crippen LogP contribution in [0.5, 0.6) is 0 Å². The molecule has 0 saturated heterocycles. The molecule has 0 amide bonds. The van der Waals surface area contributed by atoms with Crippen molar-refractivity contribution in [2.75, 3.05) is 13.1 Å². The van der Waals surface area contributed by atoms with Crippen LogP contribution in [0.3, 0.4) is 0 Å². The molecule has 5 heteroatoms. The summed E-state index contributed by atoms with van der Waals surface area (Å²) < 4.78 is 0. The van der Waals surface area contributed by atoms with Crippen molar-refractivity contribution in [3.63, 3.8) is 0 Å². The minimum atomic E-state index is -0.775. The molecule has 0 saturated carbocycles. The number of hydrogen-bond acceptors (Lipinski definition) is 4. The van der Waals surface area contributed by atoms with Crippen molar-refractivity contribution >= 4 is 10.9 Å². The zero-order chi connectivity index (χ0) is 15.6. The molecule has 1 heterocycles. The minimum Gasteiger partial charge on any atom is -0.389 e. The summed E-state index contributed by atoms with van der Waals surface area (Å²) >= 11 is 0. The first-order valence-corrected chi connectivity index (χ1v) is 7.23. The van der Waals surface area contributed by atoms with E-state index in [4.69, 9.17) is 0 Å². The Hall–Kier alpha value is -1.72. The van der Waals surface area contributed by atoms with E-state index >= 15 is 0 Å². The number of benzene rings is 1. The third-order valence-electron chi connectivity index (χ3n) is 3.42. The number of nitrogens with one attached hydrogen (secondary N) is 1. The van der Waals surface area contributed by atoms with Crippen LogP contribution in [0.15, 0.2) is 23.0 Å². The van der Waals surface area contributed by atoms with Crippen molar-refractivity contribution in [1.29, 1.82) is 0 Å². The SMILES string of the molecule is CCN(Cc1nc2c(C)cccc2c(=O)[nH]1)CC(C)(C)O. The van der Waals surface area contributed by atoms with Crippen LogP contribution in [-0.4, -0.2) is 38.7 Å². The third kappa shape index (κ3) is 3.89. The molecule has 2 aromatic rings. The molecule has 2 rings (SSSR count). The zero-order valence-electron chi connectivity index (χ0n) is 13.1. The summed E-state index contributed by atoms with van der Waals surface area (Å²) in [5.74, 6) is 0.632. The number of hydrogen-bond donors (Lipinski definition) is 2. The van der Waals surface area contributed by atoms with Gasteiger partial charge in [0, 0.05) is 6.54 Å². The average Bonchev–Trinajstić information content (AvgIpc) is 2.38. The molecular formula is C16H23N3O2. The number of nitrogens with zero attached hydrogens (tertiary/aromatic N) is 2. The molecule has 0 radical (unpaired) electrons. The van der Waals surface area contributed by atoms with Gasteiger partial charge in [-0.3, -0.25) is 9.69 Å². The first-order valence-electron chi connectivity index (χ1n) is 7.23. The Morgan fingerprint density at radius 1 is 1.38 bits per heavy atom. The first-order chi connectivity index (χ1) is 9.80. The van der Waals surface area contributed by atoms with Gasteiger partial charge in [0.05, 0.1) is 23.0 Å². The molecule has 0 spiro atoms. The number of aromatic amines is 1. The number of likely N-dealkylation sites (N-methyl/N-ethyl adjacent to an activating group) is 1. The smallest absolute Gasteiger partial charge is 0.258 e. The van der Waals surface area contributed by atoms with E-state index in [1.54, 1.807) is 19.9 Å². The van der Waals surface area contributed by atoms with Gasteiger partial charge >= 0.3 is 0 Å². The zero-order valence-corrected chi connectivity index (χ0v) is 13.1. The Labute approximate surface area is 124 Å². The van der Waals surface area contributed by atoms with E-state index in [1.807, 2.05) is 26.0 Å². The maximum atomic E-state index is 12.1. The van der Waals surface area contributed by atoms with Crippen LogP contribution in [0.25, 0.3) is 10.9 Å². The van der Waals surface area contributed by atoms with Crippen molar-refractivity contribution in [2.24, 2.45) is 0 Å². The molecule has 1 aromatic heterocycles. The number of para-hydroxylation sites is 1. The number of rotatable bonds is 5. The third-order valence-corrected chi connectivity index (χ3v) is 3.42. The summed E-state index contributed by atoms with van der Waals surface area (Å²) in [7, 11) is 0. The summed E-state index contributed by atoms with van der Waals surface area (Å²) in [5, 5.41) is 10.5. The lowest BCUT2D eigenvalue weighted by Gasteiger charge is -2.27. The van der Waals surface area contributed by atoms with E-state index in [-0.39, 0.29) is 5.56 Å². The summed E-state index contributed by atoms with van der Waals surface area (Å²) in [6.45, 7) is 9.34. The summed E-state index contributed by atoms with van der Waals surface area (Å²) in [6, 6.07) is 5.60. The van der Waals surface area contributed by atoms with Gasteiger partial charge in [-0.15, -0.1) is 0 Å². The molecule has 0 bridgehead atoms. The minimum absolute atomic E-state index is 0.113. The van der Waals surface area contributed by atoms with Crippen LogP contribution < -0.4 is 5.56 Å². The van der Waals surface area contributed by atoms with Crippen molar-refractivity contribution in [3.05, 3.63) is 39.9 Å². The van der Waals surface area contributed by atoms with Gasteiger partial charge in [-0.1, -0.05) is 19.1 Å². The molecule has 0 unspecified atom stereocenters. The van der Waals surface area contributed by atoms with Crippen molar-refractivity contribution in [1.82, 2.24) is 14.9 Å². The lowest BCUT2D eigenvalue weighted by atomic mass is 10.1. The predicted molar refractivity (Wildman–Crippen MR) is 84.3 cm³/mol. The highest BCUT2D eigenvalue weighted by molar-refractivity contribution is 5.80. The number of aliphatic hydroxyl groups is 1. The molecule has 0 atom stereocenters. The van der Waals surface area contributed by atoms with Crippen molar-refractivity contribution < 1.29 is 5.11 Å². The monoisotopic (exact) mass is 289 g/mol. The van der Waals surface area contributed by atoms with E-state index in [9.17, 15) is 9.90 Å². The Kier molecular flexibility index (Phi) is 4.44. The van der Waals surface area contributed by atoms with E-state index in [0.29, 0.717) is 24.3 Å². The van der Waals surface area contributed by atoms with E-state index in [2.05, 4.69) is 14.9 Å². The van der Waals surface area contributed by atoms with Crippen molar-refractivity contribution in [3.8, 4) is 0 Å². The lowest BCUT2D eigenvalue weighted by Crippen LogP contribution is -2.38. The fraction of sp³-hybridized carbons (Fsp3) is 0.500. The van der Waals surface area contributed by atoms with Gasteiger partial charge in [0.15, 0.2) is 0 Å².